The Bertz CT molecular complexity index is 771. The lowest BCUT2D eigenvalue weighted by Gasteiger charge is -2.27. The van der Waals surface area contributed by atoms with Gasteiger partial charge in [0.1, 0.15) is 18.8 Å². The average Bonchev–Trinajstić information content (AvgIpc) is 3.04. The van der Waals surface area contributed by atoms with Crippen LogP contribution in [0.5, 0.6) is 11.5 Å². The zero-order valence-electron chi connectivity index (χ0n) is 18.8. The number of hydrogen-bond donors (Lipinski definition) is 0. The molecule has 1 saturated heterocycles. The third-order valence-electron chi connectivity index (χ3n) is 5.21. The lowest BCUT2D eigenvalue weighted by Crippen LogP contribution is -2.28. The fraction of sp³-hybridized carbons (Fsp3) is 0.609. The molecule has 1 aromatic rings. The van der Waals surface area contributed by atoms with E-state index in [1.807, 2.05) is 23.1 Å². The van der Waals surface area contributed by atoms with Gasteiger partial charge in [0, 0.05) is 24.7 Å². The number of nitrogens with zero attached hydrogens (tertiary/aromatic N) is 2. The van der Waals surface area contributed by atoms with Crippen LogP contribution < -0.4 is 14.4 Å². The van der Waals surface area contributed by atoms with E-state index in [1.165, 1.54) is 0 Å². The summed E-state index contributed by atoms with van der Waals surface area (Å²) in [5.41, 5.74) is 0.604. The van der Waals surface area contributed by atoms with Crippen molar-refractivity contribution in [2.24, 2.45) is 10.4 Å². The first-order chi connectivity index (χ1) is 14.1. The van der Waals surface area contributed by atoms with Gasteiger partial charge in [-0.25, -0.2) is 4.79 Å². The molecule has 2 heterocycles. The number of hydrogen-bond acceptors (Lipinski definition) is 5. The van der Waals surface area contributed by atoms with Crippen molar-refractivity contribution in [1.29, 1.82) is 0 Å². The topological polar surface area (TPSA) is 77.4 Å². The Hall–Kier alpha value is -2.57. The second-order valence-corrected chi connectivity index (χ2v) is 8.73. The van der Waals surface area contributed by atoms with E-state index < -0.39 is 11.7 Å². The molecular weight excluding hydrogens is 384 g/mol. The minimum Gasteiger partial charge on any atom is -0.486 e. The molecule has 0 saturated carbocycles. The van der Waals surface area contributed by atoms with Crippen LogP contribution in [0.4, 0.5) is 10.5 Å². The molecule has 0 aliphatic carbocycles. The molecule has 0 spiro atoms. The van der Waals surface area contributed by atoms with Crippen LogP contribution >= 0.6 is 0 Å². The summed E-state index contributed by atoms with van der Waals surface area (Å²) in [5.74, 6) is 1.74. The lowest BCUT2D eigenvalue weighted by molar-refractivity contribution is -0.117. The van der Waals surface area contributed by atoms with Gasteiger partial charge in [0.25, 0.3) is 0 Å². The van der Waals surface area contributed by atoms with Gasteiger partial charge in [0.05, 0.1) is 0 Å². The Morgan fingerprint density at radius 1 is 1.23 bits per heavy atom. The first-order valence-corrected chi connectivity index (χ1v) is 10.5. The summed E-state index contributed by atoms with van der Waals surface area (Å²) < 4.78 is 15.9. The first-order valence-electron chi connectivity index (χ1n) is 10.5. The Balaban J connectivity index is 0.000000303. The van der Waals surface area contributed by atoms with Gasteiger partial charge in [-0.2, -0.15) is 4.99 Å². The molecule has 2 aliphatic heterocycles. The molecule has 0 aromatic heterocycles. The van der Waals surface area contributed by atoms with Gasteiger partial charge < -0.3 is 19.1 Å². The minimum absolute atomic E-state index is 0.138. The summed E-state index contributed by atoms with van der Waals surface area (Å²) in [4.78, 5) is 27.8. The quantitative estimate of drug-likeness (QED) is 0.642. The van der Waals surface area contributed by atoms with Crippen LogP contribution in [-0.2, 0) is 9.53 Å². The number of anilines is 1. The maximum atomic E-state index is 12.4. The zero-order chi connectivity index (χ0) is 22.4. The summed E-state index contributed by atoms with van der Waals surface area (Å²) in [5, 5.41) is 0. The van der Waals surface area contributed by atoms with Crippen LogP contribution in [0, 0.1) is 5.41 Å². The third-order valence-corrected chi connectivity index (χ3v) is 5.21. The SMILES string of the molecule is C=NC(=O)OC(C)(C)C.CCCC1(CC)CC(=O)N(c2ccc3c(c2)OCCO3)C1. The molecule has 166 valence electrons. The molecular formula is C23H34N2O5. The highest BCUT2D eigenvalue weighted by molar-refractivity contribution is 5.96. The summed E-state index contributed by atoms with van der Waals surface area (Å²) in [6.45, 7) is 14.7. The predicted octanol–water partition coefficient (Wildman–Crippen LogP) is 5.01. The molecule has 0 bridgehead atoms. The van der Waals surface area contributed by atoms with Crippen molar-refractivity contribution >= 4 is 24.4 Å². The number of ether oxygens (including phenoxy) is 3. The van der Waals surface area contributed by atoms with Gasteiger partial charge in [-0.05, 0) is 57.9 Å². The molecule has 2 aliphatic rings. The fourth-order valence-electron chi connectivity index (χ4n) is 3.74. The standard InChI is InChI=1S/C17H23NO3.C6H11NO2/c1-3-7-17(4-2)11-16(19)18(12-17)13-5-6-14-15(10-13)21-9-8-20-14;1-6(2,3)9-5(8)7-4/h5-6,10H,3-4,7-9,11-12H2,1-2H3;4H2,1-3H3. The molecule has 7 nitrogen and oxygen atoms in total. The van der Waals surface area contributed by atoms with Crippen LogP contribution in [0.15, 0.2) is 23.2 Å². The van der Waals surface area contributed by atoms with Crippen molar-refractivity contribution in [3.8, 4) is 11.5 Å². The molecule has 1 atom stereocenters. The van der Waals surface area contributed by atoms with E-state index in [0.717, 1.165) is 43.0 Å². The molecule has 30 heavy (non-hydrogen) atoms. The molecule has 3 rings (SSSR count). The number of amides is 2. The molecule has 7 heteroatoms. The Morgan fingerprint density at radius 3 is 2.43 bits per heavy atom. The Labute approximate surface area is 179 Å². The van der Waals surface area contributed by atoms with Crippen molar-refractivity contribution in [1.82, 2.24) is 0 Å². The highest BCUT2D eigenvalue weighted by atomic mass is 16.6. The summed E-state index contributed by atoms with van der Waals surface area (Å²) in [7, 11) is 0. The number of benzene rings is 1. The number of carbonyl (C=O) groups excluding carboxylic acids is 2. The Kier molecular flexibility index (Phi) is 7.87. The molecule has 1 fully saturated rings. The second kappa shape index (κ2) is 9.96. The van der Waals surface area contributed by atoms with Crippen molar-refractivity contribution in [2.75, 3.05) is 24.7 Å². The van der Waals surface area contributed by atoms with E-state index >= 15 is 0 Å². The third kappa shape index (κ3) is 6.21. The maximum absolute atomic E-state index is 12.4. The highest BCUT2D eigenvalue weighted by Gasteiger charge is 2.41. The molecule has 0 radical (unpaired) electrons. The molecule has 0 N–H and O–H groups in total. The van der Waals surface area contributed by atoms with Crippen LogP contribution in [-0.4, -0.2) is 44.1 Å². The van der Waals surface area contributed by atoms with Gasteiger partial charge in [0.15, 0.2) is 11.5 Å². The number of rotatable bonds is 4. The smallest absolute Gasteiger partial charge is 0.433 e. The average molecular weight is 419 g/mol. The normalized spacial score (nSPS) is 20.3. The first kappa shape index (κ1) is 23.7. The van der Waals surface area contributed by atoms with Crippen molar-refractivity contribution in [2.45, 2.75) is 65.9 Å². The molecule has 2 amide bonds. The lowest BCUT2D eigenvalue weighted by atomic mass is 9.80. The van der Waals surface area contributed by atoms with E-state index in [0.29, 0.717) is 19.6 Å². The van der Waals surface area contributed by atoms with Crippen molar-refractivity contribution in [3.63, 3.8) is 0 Å². The number of carbonyl (C=O) groups is 2. The number of aliphatic imine (C=N–C) groups is 1. The van der Waals surface area contributed by atoms with Gasteiger partial charge >= 0.3 is 6.09 Å². The van der Waals surface area contributed by atoms with Gasteiger partial charge in [-0.15, -0.1) is 0 Å². The summed E-state index contributed by atoms with van der Waals surface area (Å²) in [6.07, 6.45) is 3.31. The van der Waals surface area contributed by atoms with E-state index in [4.69, 9.17) is 14.2 Å². The minimum atomic E-state index is -0.623. The summed E-state index contributed by atoms with van der Waals surface area (Å²) in [6, 6.07) is 5.80. The maximum Gasteiger partial charge on any atom is 0.433 e. The van der Waals surface area contributed by atoms with Gasteiger partial charge in [-0.3, -0.25) is 4.79 Å². The van der Waals surface area contributed by atoms with Gasteiger partial charge in [-0.1, -0.05) is 20.3 Å². The second-order valence-electron chi connectivity index (χ2n) is 8.73. The molecule has 1 aromatic carbocycles. The van der Waals surface area contributed by atoms with E-state index in [-0.39, 0.29) is 11.3 Å². The van der Waals surface area contributed by atoms with Crippen LogP contribution in [0.25, 0.3) is 0 Å². The fourth-order valence-corrected chi connectivity index (χ4v) is 3.74. The summed E-state index contributed by atoms with van der Waals surface area (Å²) >= 11 is 0. The van der Waals surface area contributed by atoms with Gasteiger partial charge in [0.2, 0.25) is 5.91 Å². The monoisotopic (exact) mass is 418 g/mol. The van der Waals surface area contributed by atoms with Crippen LogP contribution in [0.2, 0.25) is 0 Å². The van der Waals surface area contributed by atoms with E-state index in [9.17, 15) is 9.59 Å². The van der Waals surface area contributed by atoms with Crippen LogP contribution in [0.3, 0.4) is 0 Å². The van der Waals surface area contributed by atoms with Crippen molar-refractivity contribution < 1.29 is 23.8 Å². The van der Waals surface area contributed by atoms with Crippen molar-refractivity contribution in [3.05, 3.63) is 18.2 Å². The highest BCUT2D eigenvalue weighted by Crippen LogP contribution is 2.42. The zero-order valence-corrected chi connectivity index (χ0v) is 18.8. The number of fused-ring (bicyclic) bond motifs is 1. The molecule has 1 unspecified atom stereocenters. The van der Waals surface area contributed by atoms with E-state index in [1.54, 1.807) is 20.8 Å². The van der Waals surface area contributed by atoms with Crippen LogP contribution in [0.1, 0.15) is 60.3 Å². The predicted molar refractivity (Wildman–Crippen MR) is 118 cm³/mol. The van der Waals surface area contributed by atoms with E-state index in [2.05, 4.69) is 25.6 Å². The Morgan fingerprint density at radius 2 is 1.90 bits per heavy atom. The largest absolute Gasteiger partial charge is 0.486 e.